The normalized spacial score (nSPS) is 30.4. The van der Waals surface area contributed by atoms with Crippen LogP contribution in [0.3, 0.4) is 0 Å². The van der Waals surface area contributed by atoms with E-state index in [1.54, 1.807) is 0 Å². The molecule has 0 spiro atoms. The van der Waals surface area contributed by atoms with Crippen LogP contribution in [-0.4, -0.2) is 47.9 Å². The van der Waals surface area contributed by atoms with Crippen LogP contribution < -0.4 is 5.73 Å². The van der Waals surface area contributed by atoms with Gasteiger partial charge in [-0.05, 0) is 51.0 Å². The van der Waals surface area contributed by atoms with Crippen molar-refractivity contribution in [1.29, 1.82) is 0 Å². The number of amides is 1. The zero-order valence-electron chi connectivity index (χ0n) is 10.9. The van der Waals surface area contributed by atoms with Gasteiger partial charge < -0.3 is 20.5 Å². The van der Waals surface area contributed by atoms with Crippen LogP contribution in [0.1, 0.15) is 38.5 Å². The summed E-state index contributed by atoms with van der Waals surface area (Å²) in [5, 5.41) is 8.88. The van der Waals surface area contributed by atoms with Crippen molar-refractivity contribution >= 4 is 6.09 Å². The molecule has 2 aliphatic rings. The number of hydrogen-bond acceptors (Lipinski definition) is 3. The fourth-order valence-corrected chi connectivity index (χ4v) is 2.96. The summed E-state index contributed by atoms with van der Waals surface area (Å²) in [4.78, 5) is 12.3. The Morgan fingerprint density at radius 2 is 1.67 bits per heavy atom. The minimum atomic E-state index is -0.808. The van der Waals surface area contributed by atoms with E-state index < -0.39 is 6.09 Å². The summed E-state index contributed by atoms with van der Waals surface area (Å²) < 4.78 is 6.09. The van der Waals surface area contributed by atoms with E-state index in [0.29, 0.717) is 25.1 Å². The van der Waals surface area contributed by atoms with Gasteiger partial charge in [0.25, 0.3) is 0 Å². The van der Waals surface area contributed by atoms with Crippen LogP contribution in [0, 0.1) is 5.92 Å². The summed E-state index contributed by atoms with van der Waals surface area (Å²) in [6, 6.07) is 0. The molecule has 18 heavy (non-hydrogen) atoms. The van der Waals surface area contributed by atoms with Crippen LogP contribution in [0.2, 0.25) is 0 Å². The number of carbonyl (C=O) groups is 1. The van der Waals surface area contributed by atoms with E-state index in [2.05, 4.69) is 0 Å². The van der Waals surface area contributed by atoms with Crippen molar-refractivity contribution in [3.8, 4) is 0 Å². The number of likely N-dealkylation sites (tertiary alicyclic amines) is 1. The van der Waals surface area contributed by atoms with Gasteiger partial charge in [-0.3, -0.25) is 0 Å². The molecule has 0 aromatic heterocycles. The zero-order chi connectivity index (χ0) is 13.0. The molecule has 0 aromatic carbocycles. The average molecular weight is 256 g/mol. The number of rotatable bonds is 3. The third-order valence-corrected chi connectivity index (χ3v) is 4.22. The molecule has 0 aromatic rings. The summed E-state index contributed by atoms with van der Waals surface area (Å²) in [5.74, 6) is 0.679. The molecule has 0 bridgehead atoms. The molecule has 5 nitrogen and oxygen atoms in total. The summed E-state index contributed by atoms with van der Waals surface area (Å²) >= 11 is 0. The average Bonchev–Trinajstić information content (AvgIpc) is 2.40. The Labute approximate surface area is 108 Å². The van der Waals surface area contributed by atoms with Gasteiger partial charge in [0.2, 0.25) is 0 Å². The molecular formula is C13H24N2O3. The molecule has 1 saturated heterocycles. The van der Waals surface area contributed by atoms with Crippen LogP contribution >= 0.6 is 0 Å². The maximum atomic E-state index is 10.8. The highest BCUT2D eigenvalue weighted by Crippen LogP contribution is 2.28. The fourth-order valence-electron chi connectivity index (χ4n) is 2.96. The van der Waals surface area contributed by atoms with Crippen molar-refractivity contribution < 1.29 is 14.6 Å². The second-order valence-electron chi connectivity index (χ2n) is 5.48. The standard InChI is InChI=1S/C13H24N2O3/c14-9-10-1-3-11(4-2-10)18-12-5-7-15(8-6-12)13(16)17/h10-12H,1-9,14H2,(H,16,17). The van der Waals surface area contributed by atoms with Gasteiger partial charge in [-0.1, -0.05) is 0 Å². The number of hydrogen-bond donors (Lipinski definition) is 2. The molecule has 3 N–H and O–H groups in total. The Morgan fingerprint density at radius 1 is 1.11 bits per heavy atom. The van der Waals surface area contributed by atoms with Gasteiger partial charge >= 0.3 is 6.09 Å². The first-order chi connectivity index (χ1) is 8.69. The van der Waals surface area contributed by atoms with Gasteiger partial charge in [-0.2, -0.15) is 0 Å². The summed E-state index contributed by atoms with van der Waals surface area (Å²) in [7, 11) is 0. The maximum Gasteiger partial charge on any atom is 0.407 e. The third kappa shape index (κ3) is 3.59. The quantitative estimate of drug-likeness (QED) is 0.805. The van der Waals surface area contributed by atoms with Crippen LogP contribution in [0.15, 0.2) is 0 Å². The highest BCUT2D eigenvalue weighted by atomic mass is 16.5. The molecule has 2 rings (SSSR count). The minimum Gasteiger partial charge on any atom is -0.465 e. The number of nitrogens with two attached hydrogens (primary N) is 1. The molecule has 1 aliphatic heterocycles. The molecule has 0 radical (unpaired) electrons. The van der Waals surface area contributed by atoms with Crippen molar-refractivity contribution in [2.24, 2.45) is 11.7 Å². The van der Waals surface area contributed by atoms with E-state index in [9.17, 15) is 4.79 Å². The molecule has 1 saturated carbocycles. The topological polar surface area (TPSA) is 75.8 Å². The second-order valence-corrected chi connectivity index (χ2v) is 5.48. The SMILES string of the molecule is NCC1CCC(OC2CCN(C(=O)O)CC2)CC1. The third-order valence-electron chi connectivity index (χ3n) is 4.22. The van der Waals surface area contributed by atoms with Crippen LogP contribution in [0.4, 0.5) is 4.79 Å². The lowest BCUT2D eigenvalue weighted by molar-refractivity contribution is -0.0579. The van der Waals surface area contributed by atoms with E-state index in [1.807, 2.05) is 0 Å². The van der Waals surface area contributed by atoms with Crippen LogP contribution in [-0.2, 0) is 4.74 Å². The van der Waals surface area contributed by atoms with Crippen molar-refractivity contribution in [1.82, 2.24) is 4.90 Å². The number of carboxylic acid groups (broad SMARTS) is 1. The van der Waals surface area contributed by atoms with Crippen molar-refractivity contribution in [3.63, 3.8) is 0 Å². The van der Waals surface area contributed by atoms with E-state index in [4.69, 9.17) is 15.6 Å². The molecule has 0 unspecified atom stereocenters. The smallest absolute Gasteiger partial charge is 0.407 e. The lowest BCUT2D eigenvalue weighted by Crippen LogP contribution is -2.41. The predicted octanol–water partition coefficient (Wildman–Crippen LogP) is 1.66. The molecular weight excluding hydrogens is 232 g/mol. The molecule has 104 valence electrons. The molecule has 2 fully saturated rings. The van der Waals surface area contributed by atoms with Gasteiger partial charge in [0, 0.05) is 13.1 Å². The van der Waals surface area contributed by atoms with Gasteiger partial charge in [-0.25, -0.2) is 4.79 Å². The highest BCUT2D eigenvalue weighted by molar-refractivity contribution is 5.64. The Hall–Kier alpha value is -0.810. The molecule has 1 aliphatic carbocycles. The maximum absolute atomic E-state index is 10.8. The number of piperidine rings is 1. The Balaban J connectivity index is 1.67. The summed E-state index contributed by atoms with van der Waals surface area (Å²) in [6.45, 7) is 2.01. The van der Waals surface area contributed by atoms with Gasteiger partial charge in [0.05, 0.1) is 12.2 Å². The van der Waals surface area contributed by atoms with Crippen LogP contribution in [0.5, 0.6) is 0 Å². The van der Waals surface area contributed by atoms with Gasteiger partial charge in [0.15, 0.2) is 0 Å². The summed E-state index contributed by atoms with van der Waals surface area (Å²) in [5.41, 5.74) is 5.67. The van der Waals surface area contributed by atoms with E-state index in [1.165, 1.54) is 17.7 Å². The first-order valence-electron chi connectivity index (χ1n) is 7.02. The largest absolute Gasteiger partial charge is 0.465 e. The first-order valence-corrected chi connectivity index (χ1v) is 7.02. The lowest BCUT2D eigenvalue weighted by Gasteiger charge is -2.35. The molecule has 0 atom stereocenters. The predicted molar refractivity (Wildman–Crippen MR) is 68.5 cm³/mol. The van der Waals surface area contributed by atoms with E-state index in [0.717, 1.165) is 32.2 Å². The monoisotopic (exact) mass is 256 g/mol. The van der Waals surface area contributed by atoms with E-state index in [-0.39, 0.29) is 6.10 Å². The molecule has 1 heterocycles. The Morgan fingerprint density at radius 3 is 2.17 bits per heavy atom. The first kappa shape index (κ1) is 13.6. The minimum absolute atomic E-state index is 0.250. The summed E-state index contributed by atoms with van der Waals surface area (Å²) in [6.07, 6.45) is 6.06. The molecule has 1 amide bonds. The Kier molecular flexibility index (Phi) is 4.83. The van der Waals surface area contributed by atoms with Gasteiger partial charge in [0.1, 0.15) is 0 Å². The van der Waals surface area contributed by atoms with Crippen molar-refractivity contribution in [2.75, 3.05) is 19.6 Å². The molecule has 5 heteroatoms. The lowest BCUT2D eigenvalue weighted by atomic mass is 9.87. The van der Waals surface area contributed by atoms with E-state index >= 15 is 0 Å². The fraction of sp³-hybridized carbons (Fsp3) is 0.923. The van der Waals surface area contributed by atoms with Crippen LogP contribution in [0.25, 0.3) is 0 Å². The highest BCUT2D eigenvalue weighted by Gasteiger charge is 2.27. The zero-order valence-corrected chi connectivity index (χ0v) is 10.9. The Bertz CT molecular complexity index is 269. The number of ether oxygens (including phenoxy) is 1. The van der Waals surface area contributed by atoms with Crippen molar-refractivity contribution in [3.05, 3.63) is 0 Å². The van der Waals surface area contributed by atoms with Gasteiger partial charge in [-0.15, -0.1) is 0 Å². The van der Waals surface area contributed by atoms with Crippen molar-refractivity contribution in [2.45, 2.75) is 50.7 Å². The number of nitrogens with zero attached hydrogens (tertiary/aromatic N) is 1. The second kappa shape index (κ2) is 6.38.